The van der Waals surface area contributed by atoms with E-state index in [1.165, 1.54) is 32.4 Å². The van der Waals surface area contributed by atoms with Gasteiger partial charge < -0.3 is 4.90 Å². The van der Waals surface area contributed by atoms with Crippen molar-refractivity contribution in [2.45, 2.75) is 53.9 Å². The van der Waals surface area contributed by atoms with Gasteiger partial charge in [-0.25, -0.2) is 0 Å². The molecule has 0 amide bonds. The van der Waals surface area contributed by atoms with Crippen LogP contribution in [0.15, 0.2) is 11.6 Å². The van der Waals surface area contributed by atoms with Crippen LogP contribution in [-0.4, -0.2) is 25.0 Å². The molecule has 1 nitrogen and oxygen atoms in total. The highest BCUT2D eigenvalue weighted by Gasteiger charge is 2.40. The Bertz CT molecular complexity index is 188. The van der Waals surface area contributed by atoms with Crippen molar-refractivity contribution >= 4 is 0 Å². The maximum Gasteiger partial charge on any atom is 0.00505 e. The summed E-state index contributed by atoms with van der Waals surface area (Å²) in [6.45, 7) is 12.9. The number of hydrogen-bond donors (Lipinski definition) is 0. The van der Waals surface area contributed by atoms with Crippen LogP contribution in [0, 0.1) is 5.41 Å². The smallest absolute Gasteiger partial charge is 0.00505 e. The Morgan fingerprint density at radius 2 is 1.67 bits per heavy atom. The number of nitrogens with zero attached hydrogens (tertiary/aromatic N) is 1. The fraction of sp³-hybridized carbons (Fsp3) is 0.857. The zero-order valence-electron chi connectivity index (χ0n) is 11.6. The van der Waals surface area contributed by atoms with E-state index in [1.807, 2.05) is 27.7 Å². The van der Waals surface area contributed by atoms with Gasteiger partial charge in [-0.05, 0) is 38.6 Å². The van der Waals surface area contributed by atoms with Crippen LogP contribution in [0.25, 0.3) is 0 Å². The summed E-state index contributed by atoms with van der Waals surface area (Å²) in [6, 6.07) is 0. The highest BCUT2D eigenvalue weighted by atomic mass is 15.2. The second-order valence-electron chi connectivity index (χ2n) is 4.43. The summed E-state index contributed by atoms with van der Waals surface area (Å²) in [4.78, 5) is 2.43. The van der Waals surface area contributed by atoms with E-state index in [9.17, 15) is 0 Å². The van der Waals surface area contributed by atoms with Gasteiger partial charge in [0.2, 0.25) is 0 Å². The first-order valence-electron chi connectivity index (χ1n) is 6.54. The molecule has 0 radical (unpaired) electrons. The standard InChI is InChI=1S/C10H17N.2C2H6/c1-9-3-5-10(6-4-9)7-11(2)8-10;2*1-2/h3H,4-8H2,1-2H3;2*1-2H3. The number of hydrogen-bond acceptors (Lipinski definition) is 1. The Balaban J connectivity index is 0.000000442. The summed E-state index contributed by atoms with van der Waals surface area (Å²) in [5.74, 6) is 0. The average Bonchev–Trinajstić information content (AvgIpc) is 2.26. The molecule has 2 aliphatic rings. The summed E-state index contributed by atoms with van der Waals surface area (Å²) in [5, 5.41) is 0. The van der Waals surface area contributed by atoms with Gasteiger partial charge >= 0.3 is 0 Å². The third-order valence-corrected chi connectivity index (χ3v) is 3.14. The molecular formula is C14H29N. The molecule has 0 N–H and O–H groups in total. The largest absolute Gasteiger partial charge is 0.305 e. The lowest BCUT2D eigenvalue weighted by molar-refractivity contribution is 0.0134. The van der Waals surface area contributed by atoms with E-state index >= 15 is 0 Å². The number of allylic oxidation sites excluding steroid dienone is 2. The van der Waals surface area contributed by atoms with E-state index in [1.54, 1.807) is 5.57 Å². The lowest BCUT2D eigenvalue weighted by Crippen LogP contribution is -2.54. The van der Waals surface area contributed by atoms with Crippen molar-refractivity contribution in [1.29, 1.82) is 0 Å². The normalized spacial score (nSPS) is 22.7. The van der Waals surface area contributed by atoms with Crippen LogP contribution in [0.4, 0.5) is 0 Å². The minimum Gasteiger partial charge on any atom is -0.305 e. The van der Waals surface area contributed by atoms with Crippen molar-refractivity contribution in [2.75, 3.05) is 20.1 Å². The first-order chi connectivity index (χ1) is 7.20. The van der Waals surface area contributed by atoms with Gasteiger partial charge in [0.1, 0.15) is 0 Å². The lowest BCUT2D eigenvalue weighted by atomic mass is 9.70. The average molecular weight is 211 g/mol. The molecule has 1 heterocycles. The predicted molar refractivity (Wildman–Crippen MR) is 70.2 cm³/mol. The summed E-state index contributed by atoms with van der Waals surface area (Å²) >= 11 is 0. The SMILES string of the molecule is CC.CC.CC1=CCC2(CC1)CN(C)C2. The van der Waals surface area contributed by atoms with E-state index in [4.69, 9.17) is 0 Å². The van der Waals surface area contributed by atoms with Crippen LogP contribution in [-0.2, 0) is 0 Å². The van der Waals surface area contributed by atoms with Gasteiger partial charge in [0.15, 0.2) is 0 Å². The molecule has 0 aromatic carbocycles. The maximum absolute atomic E-state index is 2.44. The maximum atomic E-state index is 2.44. The molecule has 0 unspecified atom stereocenters. The molecule has 1 aliphatic heterocycles. The topological polar surface area (TPSA) is 3.24 Å². The molecule has 0 aromatic rings. The zero-order valence-corrected chi connectivity index (χ0v) is 11.6. The summed E-state index contributed by atoms with van der Waals surface area (Å²) in [7, 11) is 2.22. The van der Waals surface area contributed by atoms with Gasteiger partial charge in [-0.15, -0.1) is 0 Å². The van der Waals surface area contributed by atoms with Crippen molar-refractivity contribution in [2.24, 2.45) is 5.41 Å². The Labute approximate surface area is 96.6 Å². The minimum atomic E-state index is 0.703. The van der Waals surface area contributed by atoms with Crippen molar-refractivity contribution in [3.8, 4) is 0 Å². The molecule has 1 spiro atoms. The Kier molecular flexibility index (Phi) is 6.91. The van der Waals surface area contributed by atoms with Crippen LogP contribution in [0.1, 0.15) is 53.9 Å². The highest BCUT2D eigenvalue weighted by Crippen LogP contribution is 2.41. The molecule has 90 valence electrons. The van der Waals surface area contributed by atoms with Crippen molar-refractivity contribution < 1.29 is 0 Å². The quantitative estimate of drug-likeness (QED) is 0.545. The Hall–Kier alpha value is -0.300. The molecule has 1 aliphatic carbocycles. The second kappa shape index (κ2) is 7.05. The molecule has 1 fully saturated rings. The fourth-order valence-corrected chi connectivity index (χ4v) is 2.44. The Morgan fingerprint density at radius 1 is 1.13 bits per heavy atom. The second-order valence-corrected chi connectivity index (χ2v) is 4.43. The van der Waals surface area contributed by atoms with E-state index in [0.29, 0.717) is 5.41 Å². The number of rotatable bonds is 0. The zero-order chi connectivity index (χ0) is 11.9. The molecule has 0 aromatic heterocycles. The van der Waals surface area contributed by atoms with E-state index in [0.717, 1.165) is 0 Å². The first-order valence-corrected chi connectivity index (χ1v) is 6.54. The van der Waals surface area contributed by atoms with E-state index in [2.05, 4.69) is 24.9 Å². The van der Waals surface area contributed by atoms with Crippen molar-refractivity contribution in [3.05, 3.63) is 11.6 Å². The molecule has 0 bridgehead atoms. The van der Waals surface area contributed by atoms with Crippen LogP contribution in [0.3, 0.4) is 0 Å². The molecule has 2 rings (SSSR count). The molecule has 1 heteroatoms. The lowest BCUT2D eigenvalue weighted by Gasteiger charge is -2.50. The van der Waals surface area contributed by atoms with E-state index < -0.39 is 0 Å². The molecule has 1 saturated heterocycles. The predicted octanol–water partition coefficient (Wildman–Crippen LogP) is 4.10. The minimum absolute atomic E-state index is 0.703. The number of likely N-dealkylation sites (tertiary alicyclic amines) is 1. The molecule has 0 atom stereocenters. The molecule has 0 saturated carbocycles. The Morgan fingerprint density at radius 3 is 2.00 bits per heavy atom. The van der Waals surface area contributed by atoms with Crippen molar-refractivity contribution in [1.82, 2.24) is 4.90 Å². The van der Waals surface area contributed by atoms with Gasteiger partial charge in [0, 0.05) is 13.1 Å². The highest BCUT2D eigenvalue weighted by molar-refractivity contribution is 5.11. The van der Waals surface area contributed by atoms with Crippen LogP contribution in [0.5, 0.6) is 0 Å². The van der Waals surface area contributed by atoms with Gasteiger partial charge in [0.25, 0.3) is 0 Å². The summed E-state index contributed by atoms with van der Waals surface area (Å²) in [5.41, 5.74) is 2.30. The molecule has 15 heavy (non-hydrogen) atoms. The summed E-state index contributed by atoms with van der Waals surface area (Å²) in [6.07, 6.45) is 6.55. The molecular weight excluding hydrogens is 182 g/mol. The van der Waals surface area contributed by atoms with Crippen LogP contribution >= 0.6 is 0 Å². The monoisotopic (exact) mass is 211 g/mol. The van der Waals surface area contributed by atoms with Gasteiger partial charge in [-0.3, -0.25) is 0 Å². The van der Waals surface area contributed by atoms with Crippen LogP contribution < -0.4 is 0 Å². The van der Waals surface area contributed by atoms with E-state index in [-0.39, 0.29) is 0 Å². The van der Waals surface area contributed by atoms with Crippen LogP contribution in [0.2, 0.25) is 0 Å². The van der Waals surface area contributed by atoms with Gasteiger partial charge in [0.05, 0.1) is 0 Å². The first kappa shape index (κ1) is 14.7. The van der Waals surface area contributed by atoms with Gasteiger partial charge in [-0.1, -0.05) is 39.3 Å². The summed E-state index contributed by atoms with van der Waals surface area (Å²) < 4.78 is 0. The van der Waals surface area contributed by atoms with Crippen molar-refractivity contribution in [3.63, 3.8) is 0 Å². The third-order valence-electron chi connectivity index (χ3n) is 3.14. The fourth-order valence-electron chi connectivity index (χ4n) is 2.44. The third kappa shape index (κ3) is 3.98. The van der Waals surface area contributed by atoms with Gasteiger partial charge in [-0.2, -0.15) is 0 Å².